The molecule has 0 aromatic heterocycles. The number of nitrogens with zero attached hydrogens (tertiary/aromatic N) is 1. The molecular formula is C13H13F3N2O. The second-order valence-electron chi connectivity index (χ2n) is 5.05. The highest BCUT2D eigenvalue weighted by Gasteiger charge is 2.45. The average Bonchev–Trinajstić information content (AvgIpc) is 2.62. The van der Waals surface area contributed by atoms with Gasteiger partial charge in [0.25, 0.3) is 5.91 Å². The zero-order chi connectivity index (χ0) is 13.8. The molecule has 1 unspecified atom stereocenters. The minimum absolute atomic E-state index is 0.101. The number of amides is 1. The maximum absolute atomic E-state index is 13.0. The predicted molar refractivity (Wildman–Crippen MR) is 62.7 cm³/mol. The maximum atomic E-state index is 13.0. The van der Waals surface area contributed by atoms with Crippen molar-refractivity contribution in [2.24, 2.45) is 0 Å². The van der Waals surface area contributed by atoms with Gasteiger partial charge < -0.3 is 10.2 Å². The van der Waals surface area contributed by atoms with E-state index in [0.29, 0.717) is 18.7 Å². The zero-order valence-electron chi connectivity index (χ0n) is 10.3. The Bertz CT molecular complexity index is 541. The number of carbonyl (C=O) groups is 1. The topological polar surface area (TPSA) is 32.3 Å². The lowest BCUT2D eigenvalue weighted by Crippen LogP contribution is -2.50. The number of benzene rings is 1. The smallest absolute Gasteiger partial charge is 0.329 e. The first-order valence-electron chi connectivity index (χ1n) is 6.14. The van der Waals surface area contributed by atoms with E-state index in [1.807, 2.05) is 6.92 Å². The summed E-state index contributed by atoms with van der Waals surface area (Å²) in [5.74, 6) is -0.499. The van der Waals surface area contributed by atoms with Crippen molar-refractivity contribution in [3.05, 3.63) is 34.9 Å². The summed E-state index contributed by atoms with van der Waals surface area (Å²) in [4.78, 5) is 13.8. The van der Waals surface area contributed by atoms with Gasteiger partial charge in [-0.15, -0.1) is 0 Å². The number of alkyl halides is 3. The zero-order valence-corrected chi connectivity index (χ0v) is 10.3. The van der Waals surface area contributed by atoms with Crippen molar-refractivity contribution in [2.75, 3.05) is 13.1 Å². The molecule has 0 radical (unpaired) electrons. The van der Waals surface area contributed by atoms with Crippen molar-refractivity contribution in [2.45, 2.75) is 25.2 Å². The van der Waals surface area contributed by atoms with Gasteiger partial charge in [0, 0.05) is 19.1 Å². The molecule has 2 atom stereocenters. The normalized spacial score (nSPS) is 26.3. The molecule has 1 amide bonds. The van der Waals surface area contributed by atoms with E-state index in [1.165, 1.54) is 6.07 Å². The van der Waals surface area contributed by atoms with E-state index < -0.39 is 17.6 Å². The van der Waals surface area contributed by atoms with Crippen LogP contribution in [0.1, 0.15) is 34.5 Å². The third-order valence-electron chi connectivity index (χ3n) is 3.74. The molecule has 1 aromatic carbocycles. The largest absolute Gasteiger partial charge is 0.417 e. The number of fused-ring (bicyclic) bond motifs is 3. The molecule has 3 rings (SSSR count). The van der Waals surface area contributed by atoms with Crippen LogP contribution < -0.4 is 5.32 Å². The van der Waals surface area contributed by atoms with Crippen LogP contribution in [0.2, 0.25) is 0 Å². The first-order valence-corrected chi connectivity index (χ1v) is 6.14. The fraction of sp³-hybridized carbons (Fsp3) is 0.462. The van der Waals surface area contributed by atoms with Gasteiger partial charge in [0.1, 0.15) is 0 Å². The summed E-state index contributed by atoms with van der Waals surface area (Å²) in [5, 5.41) is 3.20. The van der Waals surface area contributed by atoms with Crippen molar-refractivity contribution in [1.82, 2.24) is 10.2 Å². The summed E-state index contributed by atoms with van der Waals surface area (Å²) in [6, 6.07) is 3.79. The summed E-state index contributed by atoms with van der Waals surface area (Å²) < 4.78 is 39.0. The second-order valence-corrected chi connectivity index (χ2v) is 5.05. The van der Waals surface area contributed by atoms with Crippen molar-refractivity contribution in [3.63, 3.8) is 0 Å². The van der Waals surface area contributed by atoms with Crippen LogP contribution in [-0.4, -0.2) is 29.9 Å². The summed E-state index contributed by atoms with van der Waals surface area (Å²) in [7, 11) is 0. The standard InChI is InChI=1S/C13H13F3N2O/c1-7-6-18-10(5-17-7)8-3-2-4-9(13(14,15)16)11(8)12(18)19/h2-4,7,10,17H,5-6H2,1H3/t7-,10?/m1/s1. The third kappa shape index (κ3) is 1.82. The van der Waals surface area contributed by atoms with Gasteiger partial charge in [0.15, 0.2) is 0 Å². The molecule has 1 saturated heterocycles. The van der Waals surface area contributed by atoms with Crippen molar-refractivity contribution < 1.29 is 18.0 Å². The first kappa shape index (κ1) is 12.5. The molecule has 102 valence electrons. The van der Waals surface area contributed by atoms with E-state index in [9.17, 15) is 18.0 Å². The van der Waals surface area contributed by atoms with Gasteiger partial charge in [-0.25, -0.2) is 0 Å². The fourth-order valence-corrected chi connectivity index (χ4v) is 2.88. The van der Waals surface area contributed by atoms with Crippen molar-refractivity contribution in [3.8, 4) is 0 Å². The van der Waals surface area contributed by atoms with Gasteiger partial charge in [-0.1, -0.05) is 12.1 Å². The van der Waals surface area contributed by atoms with Crippen LogP contribution in [0, 0.1) is 0 Å². The molecule has 0 spiro atoms. The van der Waals surface area contributed by atoms with Crippen LogP contribution in [0.3, 0.4) is 0 Å². The average molecular weight is 270 g/mol. The van der Waals surface area contributed by atoms with E-state index in [-0.39, 0.29) is 17.6 Å². The van der Waals surface area contributed by atoms with Gasteiger partial charge in [0.05, 0.1) is 17.2 Å². The van der Waals surface area contributed by atoms with E-state index >= 15 is 0 Å². The fourth-order valence-electron chi connectivity index (χ4n) is 2.88. The highest BCUT2D eigenvalue weighted by atomic mass is 19.4. The van der Waals surface area contributed by atoms with Gasteiger partial charge in [-0.05, 0) is 18.6 Å². The summed E-state index contributed by atoms with van der Waals surface area (Å²) in [6.07, 6.45) is -4.49. The van der Waals surface area contributed by atoms with Crippen LogP contribution >= 0.6 is 0 Å². The van der Waals surface area contributed by atoms with E-state index in [1.54, 1.807) is 11.0 Å². The number of carbonyl (C=O) groups excluding carboxylic acids is 1. The Morgan fingerprint density at radius 1 is 1.37 bits per heavy atom. The maximum Gasteiger partial charge on any atom is 0.417 e. The lowest BCUT2D eigenvalue weighted by Gasteiger charge is -2.34. The van der Waals surface area contributed by atoms with Gasteiger partial charge in [-0.3, -0.25) is 4.79 Å². The van der Waals surface area contributed by atoms with Crippen LogP contribution in [0.15, 0.2) is 18.2 Å². The van der Waals surface area contributed by atoms with Crippen molar-refractivity contribution >= 4 is 5.91 Å². The molecule has 2 heterocycles. The van der Waals surface area contributed by atoms with Crippen molar-refractivity contribution in [1.29, 1.82) is 0 Å². The lowest BCUT2D eigenvalue weighted by atomic mass is 9.98. The SMILES string of the molecule is C[C@@H]1CN2C(=O)c3c(cccc3C(F)(F)F)C2CN1. The number of nitrogens with one attached hydrogen (secondary N) is 1. The molecule has 1 N–H and O–H groups in total. The Hall–Kier alpha value is -1.56. The monoisotopic (exact) mass is 270 g/mol. The number of hydrogen-bond donors (Lipinski definition) is 1. The second kappa shape index (κ2) is 3.96. The number of rotatable bonds is 0. The van der Waals surface area contributed by atoms with Crippen LogP contribution in [-0.2, 0) is 6.18 Å². The van der Waals surface area contributed by atoms with Gasteiger partial charge in [-0.2, -0.15) is 13.2 Å². The third-order valence-corrected chi connectivity index (χ3v) is 3.74. The molecule has 1 fully saturated rings. The molecular weight excluding hydrogens is 257 g/mol. The molecule has 0 aliphatic carbocycles. The van der Waals surface area contributed by atoms with Gasteiger partial charge >= 0.3 is 6.18 Å². The molecule has 0 bridgehead atoms. The molecule has 19 heavy (non-hydrogen) atoms. The van der Waals surface area contributed by atoms with E-state index in [4.69, 9.17) is 0 Å². The van der Waals surface area contributed by atoms with E-state index in [2.05, 4.69) is 5.32 Å². The Labute approximate surface area is 108 Å². The Kier molecular flexibility index (Phi) is 2.60. The van der Waals surface area contributed by atoms with Crippen LogP contribution in [0.4, 0.5) is 13.2 Å². The van der Waals surface area contributed by atoms with Crippen LogP contribution in [0.5, 0.6) is 0 Å². The quantitative estimate of drug-likeness (QED) is 0.783. The highest BCUT2D eigenvalue weighted by Crippen LogP contribution is 2.42. The molecule has 6 heteroatoms. The van der Waals surface area contributed by atoms with E-state index in [0.717, 1.165) is 6.07 Å². The highest BCUT2D eigenvalue weighted by molar-refractivity contribution is 6.01. The Morgan fingerprint density at radius 2 is 2.11 bits per heavy atom. The van der Waals surface area contributed by atoms with Crippen LogP contribution in [0.25, 0.3) is 0 Å². The minimum Gasteiger partial charge on any atom is -0.329 e. The summed E-state index contributed by atoms with van der Waals surface area (Å²) in [5.41, 5.74) is -0.507. The number of hydrogen-bond acceptors (Lipinski definition) is 2. The Balaban J connectivity index is 2.12. The van der Waals surface area contributed by atoms with Gasteiger partial charge in [0.2, 0.25) is 0 Å². The summed E-state index contributed by atoms with van der Waals surface area (Å²) in [6.45, 7) is 2.86. The minimum atomic E-state index is -4.49. The molecule has 2 aliphatic heterocycles. The molecule has 2 aliphatic rings. The molecule has 1 aromatic rings. The Morgan fingerprint density at radius 3 is 2.79 bits per heavy atom. The number of halogens is 3. The lowest BCUT2D eigenvalue weighted by molar-refractivity contribution is -0.137. The molecule has 3 nitrogen and oxygen atoms in total. The first-order chi connectivity index (χ1) is 8.89. The number of piperazine rings is 1. The summed E-state index contributed by atoms with van der Waals surface area (Å²) >= 11 is 0. The predicted octanol–water partition coefficient (Wildman–Crippen LogP) is 2.19. The molecule has 0 saturated carbocycles.